The van der Waals surface area contributed by atoms with Gasteiger partial charge in [0.25, 0.3) is 0 Å². The highest BCUT2D eigenvalue weighted by molar-refractivity contribution is 5.56. The molecule has 2 rings (SSSR count). The Balaban J connectivity index is 2.67. The van der Waals surface area contributed by atoms with E-state index in [4.69, 9.17) is 0 Å². The van der Waals surface area contributed by atoms with E-state index in [1.165, 1.54) is 11.3 Å². The van der Waals surface area contributed by atoms with Crippen LogP contribution in [-0.4, -0.2) is 4.57 Å². The average Bonchev–Trinajstić information content (AvgIpc) is 2.35. The summed E-state index contributed by atoms with van der Waals surface area (Å²) in [5.41, 5.74) is 2.83. The second kappa shape index (κ2) is 1.50. The zero-order chi connectivity index (χ0) is 6.27. The third kappa shape index (κ3) is 0.545. The lowest BCUT2D eigenvalue weighted by Gasteiger charge is -1.92. The van der Waals surface area contributed by atoms with Crippen molar-refractivity contribution in [3.63, 3.8) is 0 Å². The summed E-state index contributed by atoms with van der Waals surface area (Å²) >= 11 is 0. The summed E-state index contributed by atoms with van der Waals surface area (Å²) in [6, 6.07) is 2.18. The van der Waals surface area contributed by atoms with Crippen LogP contribution in [0, 0.1) is 0 Å². The van der Waals surface area contributed by atoms with E-state index in [0.717, 1.165) is 6.42 Å². The molecule has 1 heteroatoms. The predicted molar refractivity (Wildman–Crippen MR) is 38.2 cm³/mol. The second-order valence-corrected chi connectivity index (χ2v) is 2.44. The maximum Gasteiger partial charge on any atom is 0.0436 e. The summed E-state index contributed by atoms with van der Waals surface area (Å²) < 4.78 is 2.15. The van der Waals surface area contributed by atoms with Gasteiger partial charge < -0.3 is 4.57 Å². The van der Waals surface area contributed by atoms with E-state index in [1.54, 1.807) is 0 Å². The predicted octanol–water partition coefficient (Wildman–Crippen LogP) is 1.59. The Morgan fingerprint density at radius 2 is 2.44 bits per heavy atom. The molecule has 0 bridgehead atoms. The van der Waals surface area contributed by atoms with Gasteiger partial charge in [-0.2, -0.15) is 0 Å². The Labute approximate surface area is 54.6 Å². The van der Waals surface area contributed by atoms with Crippen molar-refractivity contribution in [2.45, 2.75) is 6.42 Å². The van der Waals surface area contributed by atoms with Crippen LogP contribution in [0.3, 0.4) is 0 Å². The van der Waals surface area contributed by atoms with Gasteiger partial charge in [0.05, 0.1) is 0 Å². The van der Waals surface area contributed by atoms with Crippen molar-refractivity contribution < 1.29 is 0 Å². The van der Waals surface area contributed by atoms with Crippen molar-refractivity contribution in [3.05, 3.63) is 29.6 Å². The maximum absolute atomic E-state index is 2.20. The van der Waals surface area contributed by atoms with Gasteiger partial charge in [-0.25, -0.2) is 0 Å². The van der Waals surface area contributed by atoms with Crippen molar-refractivity contribution in [2.24, 2.45) is 7.05 Å². The van der Waals surface area contributed by atoms with Gasteiger partial charge in [-0.1, -0.05) is 6.08 Å². The van der Waals surface area contributed by atoms with Crippen LogP contribution in [0.25, 0.3) is 6.08 Å². The molecule has 0 saturated carbocycles. The molecule has 1 nitrogen and oxygen atoms in total. The summed E-state index contributed by atoms with van der Waals surface area (Å²) in [5, 5.41) is 0. The van der Waals surface area contributed by atoms with Crippen LogP contribution < -0.4 is 0 Å². The minimum absolute atomic E-state index is 1.12. The molecule has 0 amide bonds. The first kappa shape index (κ1) is 4.86. The van der Waals surface area contributed by atoms with E-state index in [1.807, 2.05) is 0 Å². The van der Waals surface area contributed by atoms with Crippen molar-refractivity contribution in [1.29, 1.82) is 0 Å². The van der Waals surface area contributed by atoms with Crippen LogP contribution in [0.5, 0.6) is 0 Å². The highest BCUT2D eigenvalue weighted by atomic mass is 14.9. The molecule has 1 aromatic rings. The maximum atomic E-state index is 2.20. The normalized spacial score (nSPS) is 14.3. The van der Waals surface area contributed by atoms with E-state index in [0.29, 0.717) is 0 Å². The molecule has 0 spiro atoms. The lowest BCUT2D eigenvalue weighted by Crippen LogP contribution is -1.86. The molecule has 1 heterocycles. The van der Waals surface area contributed by atoms with Crippen LogP contribution in [0.1, 0.15) is 11.3 Å². The number of fused-ring (bicyclic) bond motifs is 1. The number of hydrogen-bond donors (Lipinski definition) is 0. The van der Waals surface area contributed by atoms with Crippen LogP contribution in [0.4, 0.5) is 0 Å². The quantitative estimate of drug-likeness (QED) is 0.488. The zero-order valence-electron chi connectivity index (χ0n) is 5.46. The molecule has 46 valence electrons. The number of nitrogens with zero attached hydrogens (tertiary/aromatic N) is 1. The Morgan fingerprint density at radius 3 is 3.22 bits per heavy atom. The first-order chi connectivity index (χ1) is 4.38. The van der Waals surface area contributed by atoms with Crippen molar-refractivity contribution >= 4 is 6.08 Å². The molecule has 9 heavy (non-hydrogen) atoms. The Bertz CT molecular complexity index is 256. The number of hydrogen-bond acceptors (Lipinski definition) is 0. The molecule has 0 saturated heterocycles. The zero-order valence-corrected chi connectivity index (χ0v) is 5.46. The summed E-state index contributed by atoms with van der Waals surface area (Å²) in [7, 11) is 2.08. The van der Waals surface area contributed by atoms with E-state index in [2.05, 4.69) is 36.0 Å². The van der Waals surface area contributed by atoms with Crippen LogP contribution in [0.15, 0.2) is 18.3 Å². The highest BCUT2D eigenvalue weighted by Crippen LogP contribution is 2.18. The van der Waals surface area contributed by atoms with Gasteiger partial charge >= 0.3 is 0 Å². The molecule has 0 unspecified atom stereocenters. The van der Waals surface area contributed by atoms with Gasteiger partial charge in [-0.3, -0.25) is 0 Å². The van der Waals surface area contributed by atoms with E-state index in [-0.39, 0.29) is 0 Å². The van der Waals surface area contributed by atoms with Crippen molar-refractivity contribution in [2.75, 3.05) is 0 Å². The molecule has 0 fully saturated rings. The van der Waals surface area contributed by atoms with Gasteiger partial charge in [-0.15, -0.1) is 0 Å². The number of allylic oxidation sites excluding steroid dienone is 1. The smallest absolute Gasteiger partial charge is 0.0436 e. The average molecular weight is 119 g/mol. The molecule has 0 aromatic carbocycles. The lowest BCUT2D eigenvalue weighted by atomic mass is 10.3. The molecule has 0 aliphatic heterocycles. The van der Waals surface area contributed by atoms with E-state index in [9.17, 15) is 0 Å². The first-order valence-corrected chi connectivity index (χ1v) is 3.18. The van der Waals surface area contributed by atoms with Gasteiger partial charge in [0, 0.05) is 18.9 Å². The molecule has 0 N–H and O–H groups in total. The number of aromatic nitrogens is 1. The minimum atomic E-state index is 1.12. The largest absolute Gasteiger partial charge is 0.351 e. The van der Waals surface area contributed by atoms with Gasteiger partial charge in [-0.05, 0) is 24.1 Å². The molecule has 1 aromatic heterocycles. The molecule has 0 radical (unpaired) electrons. The highest BCUT2D eigenvalue weighted by Gasteiger charge is 2.05. The molecular formula is C8H9N. The van der Waals surface area contributed by atoms with Crippen molar-refractivity contribution in [1.82, 2.24) is 4.57 Å². The van der Waals surface area contributed by atoms with Gasteiger partial charge in [0.1, 0.15) is 0 Å². The Morgan fingerprint density at radius 1 is 1.56 bits per heavy atom. The third-order valence-corrected chi connectivity index (χ3v) is 1.82. The fraction of sp³-hybridized carbons (Fsp3) is 0.250. The first-order valence-electron chi connectivity index (χ1n) is 3.18. The monoisotopic (exact) mass is 119 g/mol. The summed E-state index contributed by atoms with van der Waals surface area (Å²) in [5.74, 6) is 0. The second-order valence-electron chi connectivity index (χ2n) is 2.44. The third-order valence-electron chi connectivity index (χ3n) is 1.82. The summed E-state index contributed by atoms with van der Waals surface area (Å²) in [4.78, 5) is 0. The van der Waals surface area contributed by atoms with Crippen LogP contribution >= 0.6 is 0 Å². The number of rotatable bonds is 0. The Kier molecular flexibility index (Phi) is 0.810. The summed E-state index contributed by atoms with van der Waals surface area (Å²) in [6.45, 7) is 0. The number of aryl methyl sites for hydroxylation is 1. The summed E-state index contributed by atoms with van der Waals surface area (Å²) in [6.07, 6.45) is 7.60. The molecular weight excluding hydrogens is 110 g/mol. The van der Waals surface area contributed by atoms with E-state index >= 15 is 0 Å². The standard InChI is InChI=1S/C8H9N/c1-9-6-5-7-3-2-4-8(7)9/h2,4-6H,3H2,1H3. The topological polar surface area (TPSA) is 4.93 Å². The fourth-order valence-electron chi connectivity index (χ4n) is 1.29. The van der Waals surface area contributed by atoms with Gasteiger partial charge in [0.15, 0.2) is 0 Å². The SMILES string of the molecule is Cn1ccc2c1C=CC2. The van der Waals surface area contributed by atoms with Crippen molar-refractivity contribution in [3.8, 4) is 0 Å². The molecule has 1 aliphatic rings. The van der Waals surface area contributed by atoms with E-state index < -0.39 is 0 Å². The Hall–Kier alpha value is -0.980. The lowest BCUT2D eigenvalue weighted by molar-refractivity contribution is 0.913. The van der Waals surface area contributed by atoms with Crippen LogP contribution in [-0.2, 0) is 13.5 Å². The fourth-order valence-corrected chi connectivity index (χ4v) is 1.29. The molecule has 1 aliphatic carbocycles. The van der Waals surface area contributed by atoms with Crippen LogP contribution in [0.2, 0.25) is 0 Å². The van der Waals surface area contributed by atoms with Gasteiger partial charge in [0.2, 0.25) is 0 Å². The minimum Gasteiger partial charge on any atom is -0.351 e. The molecule has 0 atom stereocenters.